The van der Waals surface area contributed by atoms with E-state index in [-0.39, 0.29) is 0 Å². The summed E-state index contributed by atoms with van der Waals surface area (Å²) in [6, 6.07) is -2.58. The van der Waals surface area contributed by atoms with Crippen LogP contribution in [0.4, 0.5) is 0 Å². The maximum atomic E-state index is 12.4. The highest BCUT2D eigenvalue weighted by atomic mass is 16.8. The maximum Gasteiger partial charge on any atom is 0.221 e. The van der Waals surface area contributed by atoms with Crippen LogP contribution in [0.15, 0.2) is 11.5 Å². The van der Waals surface area contributed by atoms with E-state index in [0.29, 0.717) is 0 Å². The fraction of sp³-hybridized carbons (Fsp3) is 0.886. The topological polar surface area (TPSA) is 524 Å². The van der Waals surface area contributed by atoms with E-state index in [9.17, 15) is 101 Å². The molecule has 15 unspecified atom stereocenters. The summed E-state index contributed by atoms with van der Waals surface area (Å²) in [6.07, 6.45) is -44.2. The Balaban J connectivity index is 1.46. The van der Waals surface area contributed by atoms with Crippen LogP contribution in [0.25, 0.3) is 0 Å². The molecule has 0 radical (unpaired) electrons. The Bertz CT molecular complexity index is 1930. The quantitative estimate of drug-likeness (QED) is 0.0334. The molecule has 446 valence electrons. The third-order valence-electron chi connectivity index (χ3n) is 13.5. The van der Waals surface area contributed by atoms with Crippen LogP contribution in [0.5, 0.6) is 0 Å². The van der Waals surface area contributed by atoms with E-state index >= 15 is 0 Å². The van der Waals surface area contributed by atoms with Gasteiger partial charge in [0.15, 0.2) is 25.2 Å². The minimum Gasteiger partial charge on any atom is -0.508 e. The first-order chi connectivity index (χ1) is 36.3. The highest BCUT2D eigenvalue weighted by Gasteiger charge is 2.56. The zero-order chi connectivity index (χ0) is 57.4. The number of ether oxygens (including phenoxy) is 10. The molecule has 33 heteroatoms. The van der Waals surface area contributed by atoms with Crippen molar-refractivity contribution in [2.24, 2.45) is 0 Å². The molecular weight excluding hydrogens is 1050 g/mol. The number of nitrogens with one attached hydrogen (secondary N) is 3. The first kappa shape index (κ1) is 64.7. The van der Waals surface area contributed by atoms with E-state index in [0.717, 1.165) is 13.8 Å². The smallest absolute Gasteiger partial charge is 0.221 e. The molecule has 0 aliphatic carbocycles. The summed E-state index contributed by atoms with van der Waals surface area (Å²) in [5.74, 6) is -3.29. The van der Waals surface area contributed by atoms with Crippen molar-refractivity contribution in [3.8, 4) is 0 Å². The molecule has 0 aromatic heterocycles. The third-order valence-corrected chi connectivity index (χ3v) is 13.5. The van der Waals surface area contributed by atoms with Gasteiger partial charge in [0.1, 0.15) is 121 Å². The normalized spacial score (nSPS) is 42.9. The molecule has 0 aromatic rings. The molecule has 5 aliphatic heterocycles. The first-order valence-corrected chi connectivity index (χ1v) is 24.5. The molecule has 5 saturated heterocycles. The summed E-state index contributed by atoms with van der Waals surface area (Å²) in [4.78, 5) is 36.5. The van der Waals surface area contributed by atoms with Gasteiger partial charge in [0.25, 0.3) is 0 Å². The van der Waals surface area contributed by atoms with Crippen molar-refractivity contribution < 1.29 is 149 Å². The van der Waals surface area contributed by atoms with E-state index in [1.807, 2.05) is 5.32 Å². The Kier molecular flexibility index (Phi) is 24.0. The average molecular weight is 1130 g/mol. The van der Waals surface area contributed by atoms with Crippen LogP contribution in [0.1, 0.15) is 40.5 Å². The van der Waals surface area contributed by atoms with Gasteiger partial charge >= 0.3 is 0 Å². The van der Waals surface area contributed by atoms with Gasteiger partial charge in [0, 0.05) is 40.2 Å². The first-order valence-electron chi connectivity index (χ1n) is 24.5. The lowest BCUT2D eigenvalue weighted by Gasteiger charge is -2.50. The fourth-order valence-electron chi connectivity index (χ4n) is 9.39. The van der Waals surface area contributed by atoms with Crippen LogP contribution in [0.3, 0.4) is 0 Å². The number of hydrogen-bond donors (Lipinski definition) is 20. The van der Waals surface area contributed by atoms with Gasteiger partial charge < -0.3 is 150 Å². The minimum atomic E-state index is -2.49. The minimum absolute atomic E-state index is 0.497. The van der Waals surface area contributed by atoms with Gasteiger partial charge in [-0.3, -0.25) is 14.4 Å². The summed E-state index contributed by atoms with van der Waals surface area (Å²) < 4.78 is 58.2. The van der Waals surface area contributed by atoms with Crippen molar-refractivity contribution >= 4 is 17.7 Å². The number of carbonyl (C=O) groups excluding carboxylic acids is 3. The zero-order valence-electron chi connectivity index (χ0n) is 42.2. The van der Waals surface area contributed by atoms with Crippen LogP contribution in [-0.4, -0.2) is 310 Å². The maximum absolute atomic E-state index is 12.4. The van der Waals surface area contributed by atoms with E-state index in [1.54, 1.807) is 0 Å². The second-order valence-corrected chi connectivity index (χ2v) is 19.3. The molecule has 3 amide bonds. The molecular formula is C44H75N3O30. The number of hydrogen-bond acceptors (Lipinski definition) is 30. The van der Waals surface area contributed by atoms with Gasteiger partial charge in [0.2, 0.25) is 24.0 Å². The Morgan fingerprint density at radius 3 is 1.74 bits per heavy atom. The molecule has 0 spiro atoms. The number of aliphatic hydroxyl groups is 17. The lowest BCUT2D eigenvalue weighted by atomic mass is 9.89. The van der Waals surface area contributed by atoms with E-state index in [2.05, 4.69) is 10.6 Å². The Hall–Kier alpha value is -3.09. The number of amides is 3. The van der Waals surface area contributed by atoms with Gasteiger partial charge in [-0.25, -0.2) is 0 Å². The summed E-state index contributed by atoms with van der Waals surface area (Å²) in [5.41, 5.74) is -3.00. The van der Waals surface area contributed by atoms with Crippen LogP contribution >= 0.6 is 0 Å². The number of carbonyl (C=O) groups is 3. The second kappa shape index (κ2) is 28.6. The van der Waals surface area contributed by atoms with Gasteiger partial charge in [-0.15, -0.1) is 0 Å². The summed E-state index contributed by atoms with van der Waals surface area (Å²) >= 11 is 0. The molecule has 5 aliphatic rings. The summed E-state index contributed by atoms with van der Waals surface area (Å²) in [6.45, 7) is -1.55. The van der Waals surface area contributed by atoms with Crippen molar-refractivity contribution in [3.63, 3.8) is 0 Å². The molecule has 77 heavy (non-hydrogen) atoms. The molecule has 33 nitrogen and oxygen atoms in total. The van der Waals surface area contributed by atoms with Crippen LogP contribution in [0, 0.1) is 0 Å². The standard InChI is InChI=1S/C44H75N3O30/c1-14-24(45-15(2)53)31(62)36(22(10-51)70-14)75-40-25(46-16(3)54)19(57)7-44(12-52,77-40)13-69-41-35(66)37(76-42-34(65)32(63)28(59)20(8-49)71-42)30(61)23(73-41)11-68-43-38(33(64)29(60)21(9-50)72-43)74-39(67)26(47-17(4)55)27(58)18(56)5-6-48/h14,18-25,28-43,48-52,56-67H,5-13H2,1-4H3,(H,45,53)(H,46,54)(H,47,55)/b27-26-/t14-,18+,19?,20?,21?,22?,23?,24?,25?,28+,29+,30+,31?,32?,33?,34?,35?,36+,37?,38?,39-,40+,41+,42+,43-,44?/m0/s1. The molecule has 20 N–H and O–H groups in total. The van der Waals surface area contributed by atoms with E-state index in [4.69, 9.17) is 47.4 Å². The lowest BCUT2D eigenvalue weighted by Crippen LogP contribution is -2.68. The predicted molar refractivity (Wildman–Crippen MR) is 244 cm³/mol. The fourth-order valence-corrected chi connectivity index (χ4v) is 9.39. The molecule has 0 aromatic carbocycles. The Labute approximate surface area is 438 Å². The molecule has 26 atom stereocenters. The van der Waals surface area contributed by atoms with Crippen molar-refractivity contribution in [3.05, 3.63) is 11.5 Å². The second-order valence-electron chi connectivity index (χ2n) is 19.3. The van der Waals surface area contributed by atoms with Gasteiger partial charge in [-0.2, -0.15) is 0 Å². The van der Waals surface area contributed by atoms with Crippen molar-refractivity contribution in [1.29, 1.82) is 0 Å². The van der Waals surface area contributed by atoms with Crippen molar-refractivity contribution in [2.45, 2.75) is 200 Å². The lowest BCUT2D eigenvalue weighted by molar-refractivity contribution is -0.376. The van der Waals surface area contributed by atoms with E-state index in [1.165, 1.54) is 13.8 Å². The highest BCUT2D eigenvalue weighted by Crippen LogP contribution is 2.37. The third kappa shape index (κ3) is 15.5. The molecule has 5 fully saturated rings. The van der Waals surface area contributed by atoms with Gasteiger partial charge in [0.05, 0.1) is 57.9 Å². The van der Waals surface area contributed by atoms with Crippen molar-refractivity contribution in [2.75, 3.05) is 46.2 Å². The van der Waals surface area contributed by atoms with Gasteiger partial charge in [-0.1, -0.05) is 0 Å². The monoisotopic (exact) mass is 1130 g/mol. The van der Waals surface area contributed by atoms with E-state index < -0.39 is 247 Å². The Morgan fingerprint density at radius 2 is 1.17 bits per heavy atom. The highest BCUT2D eigenvalue weighted by molar-refractivity contribution is 5.75. The van der Waals surface area contributed by atoms with Crippen LogP contribution < -0.4 is 16.0 Å². The molecule has 5 heterocycles. The molecule has 0 bridgehead atoms. The van der Waals surface area contributed by atoms with Gasteiger partial charge in [-0.05, 0) is 6.92 Å². The van der Waals surface area contributed by atoms with Crippen LogP contribution in [0.2, 0.25) is 0 Å². The summed E-state index contributed by atoms with van der Waals surface area (Å²) in [7, 11) is 0. The van der Waals surface area contributed by atoms with Crippen molar-refractivity contribution in [1.82, 2.24) is 16.0 Å². The number of aliphatic hydroxyl groups excluding tert-OH is 17. The molecule has 5 rings (SSSR count). The predicted octanol–water partition coefficient (Wildman–Crippen LogP) is -11.2. The SMILES string of the molecule is CC(=O)N/C(=C(\O)[C@H](O)CCO)[C@@H](O)OC1C(O)[C@H](O)C(CO)O[C@@H]1OCC1O[C@@H](OCC2(CO)CC(O)C(NC(C)=O)[C@H](O[C@@H]3C(CO)O[C@@H](C)C(NC(C)=O)C3O)O2)C(O)C(O[C@H]2OC(CO)[C@@H](O)C(O)C2O)[C@@H]1O. The largest absolute Gasteiger partial charge is 0.508 e. The average Bonchev–Trinajstić information content (AvgIpc) is 3.38. The Morgan fingerprint density at radius 1 is 0.597 bits per heavy atom. The summed E-state index contributed by atoms with van der Waals surface area (Å²) in [5, 5.41) is 190. The zero-order valence-corrected chi connectivity index (χ0v) is 42.2. The van der Waals surface area contributed by atoms with Crippen LogP contribution in [-0.2, 0) is 61.8 Å². The number of rotatable bonds is 23. The molecule has 0 saturated carbocycles.